The molecule has 1 atom stereocenters. The van der Waals surface area contributed by atoms with Gasteiger partial charge in [-0.15, -0.1) is 0 Å². The van der Waals surface area contributed by atoms with Crippen LogP contribution in [0.4, 0.5) is 0 Å². The fraction of sp³-hybridized carbons (Fsp3) is 0.750. The monoisotopic (exact) mass is 144 g/mol. The second-order valence-corrected chi connectivity index (χ2v) is 2.71. The third-order valence-electron chi connectivity index (χ3n) is 1.59. The zero-order valence-corrected chi connectivity index (χ0v) is 6.67. The lowest BCUT2D eigenvalue weighted by atomic mass is 9.99. The van der Waals surface area contributed by atoms with E-state index in [9.17, 15) is 5.11 Å². The van der Waals surface area contributed by atoms with Crippen LogP contribution in [0.2, 0.25) is 0 Å². The first kappa shape index (κ1) is 9.66. The molecule has 60 valence electrons. The molecule has 10 heavy (non-hydrogen) atoms. The molecule has 0 heterocycles. The van der Waals surface area contributed by atoms with Crippen LogP contribution in [-0.2, 0) is 0 Å². The van der Waals surface area contributed by atoms with Gasteiger partial charge in [-0.3, -0.25) is 0 Å². The molecule has 0 aromatic heterocycles. The van der Waals surface area contributed by atoms with E-state index in [1.54, 1.807) is 19.1 Å². The van der Waals surface area contributed by atoms with Gasteiger partial charge in [0.05, 0.1) is 12.2 Å². The SMILES string of the molecule is CCC(C)(O)C/C=C\CO. The molecule has 0 aliphatic heterocycles. The van der Waals surface area contributed by atoms with Crippen molar-refractivity contribution >= 4 is 0 Å². The van der Waals surface area contributed by atoms with Crippen molar-refractivity contribution in [3.63, 3.8) is 0 Å². The van der Waals surface area contributed by atoms with Gasteiger partial charge in [0.1, 0.15) is 0 Å². The summed E-state index contributed by atoms with van der Waals surface area (Å²) in [6.07, 6.45) is 4.79. The molecule has 0 aromatic rings. The zero-order valence-electron chi connectivity index (χ0n) is 6.67. The van der Waals surface area contributed by atoms with Crippen molar-refractivity contribution < 1.29 is 10.2 Å². The van der Waals surface area contributed by atoms with Gasteiger partial charge in [-0.2, -0.15) is 0 Å². The van der Waals surface area contributed by atoms with Crippen LogP contribution >= 0.6 is 0 Å². The third kappa shape index (κ3) is 4.53. The Morgan fingerprint density at radius 2 is 2.00 bits per heavy atom. The van der Waals surface area contributed by atoms with E-state index in [4.69, 9.17) is 5.11 Å². The van der Waals surface area contributed by atoms with Crippen LogP contribution < -0.4 is 0 Å². The summed E-state index contributed by atoms with van der Waals surface area (Å²) in [6, 6.07) is 0. The largest absolute Gasteiger partial charge is 0.392 e. The Morgan fingerprint density at radius 1 is 1.40 bits per heavy atom. The van der Waals surface area contributed by atoms with Crippen molar-refractivity contribution in [1.29, 1.82) is 0 Å². The molecule has 1 unspecified atom stereocenters. The van der Waals surface area contributed by atoms with Gasteiger partial charge in [-0.25, -0.2) is 0 Å². The molecule has 0 saturated heterocycles. The molecule has 0 spiro atoms. The van der Waals surface area contributed by atoms with Crippen LogP contribution in [0.15, 0.2) is 12.2 Å². The van der Waals surface area contributed by atoms with Crippen LogP contribution in [0, 0.1) is 0 Å². The Labute approximate surface area is 62.2 Å². The van der Waals surface area contributed by atoms with Crippen LogP contribution in [0.5, 0.6) is 0 Å². The van der Waals surface area contributed by atoms with Crippen molar-refractivity contribution in [2.24, 2.45) is 0 Å². The molecule has 0 rings (SSSR count). The maximum atomic E-state index is 9.42. The molecule has 0 amide bonds. The van der Waals surface area contributed by atoms with E-state index in [1.165, 1.54) is 0 Å². The summed E-state index contributed by atoms with van der Waals surface area (Å²) in [5.41, 5.74) is -0.605. The summed E-state index contributed by atoms with van der Waals surface area (Å²) < 4.78 is 0. The van der Waals surface area contributed by atoms with Crippen LogP contribution in [-0.4, -0.2) is 22.4 Å². The third-order valence-corrected chi connectivity index (χ3v) is 1.59. The van der Waals surface area contributed by atoms with Gasteiger partial charge in [0, 0.05) is 0 Å². The molecule has 0 aromatic carbocycles. The first-order valence-corrected chi connectivity index (χ1v) is 3.60. The molecule has 2 nitrogen and oxygen atoms in total. The predicted octanol–water partition coefficient (Wildman–Crippen LogP) is 1.09. The summed E-state index contributed by atoms with van der Waals surface area (Å²) in [5, 5.41) is 17.8. The molecular formula is C8H16O2. The molecule has 2 heteroatoms. The van der Waals surface area contributed by atoms with E-state index in [0.29, 0.717) is 6.42 Å². The fourth-order valence-electron chi connectivity index (χ4n) is 0.556. The molecule has 0 saturated carbocycles. The highest BCUT2D eigenvalue weighted by atomic mass is 16.3. The highest BCUT2D eigenvalue weighted by Gasteiger charge is 2.13. The molecular weight excluding hydrogens is 128 g/mol. The maximum absolute atomic E-state index is 9.42. The second-order valence-electron chi connectivity index (χ2n) is 2.71. The molecule has 0 aliphatic rings. The fourth-order valence-corrected chi connectivity index (χ4v) is 0.556. The number of rotatable bonds is 4. The van der Waals surface area contributed by atoms with Crippen LogP contribution in [0.1, 0.15) is 26.7 Å². The summed E-state index contributed by atoms with van der Waals surface area (Å²) in [4.78, 5) is 0. The van der Waals surface area contributed by atoms with Gasteiger partial charge in [0.25, 0.3) is 0 Å². The lowest BCUT2D eigenvalue weighted by Gasteiger charge is -2.18. The summed E-state index contributed by atoms with van der Waals surface area (Å²) in [5.74, 6) is 0. The highest BCUT2D eigenvalue weighted by molar-refractivity contribution is 4.88. The predicted molar refractivity (Wildman–Crippen MR) is 41.8 cm³/mol. The van der Waals surface area contributed by atoms with Crippen molar-refractivity contribution in [2.45, 2.75) is 32.3 Å². The van der Waals surface area contributed by atoms with E-state index < -0.39 is 5.60 Å². The first-order chi connectivity index (χ1) is 4.62. The van der Waals surface area contributed by atoms with Crippen molar-refractivity contribution in [1.82, 2.24) is 0 Å². The van der Waals surface area contributed by atoms with Gasteiger partial charge >= 0.3 is 0 Å². The second kappa shape index (κ2) is 4.47. The highest BCUT2D eigenvalue weighted by Crippen LogP contribution is 2.13. The van der Waals surface area contributed by atoms with E-state index in [1.807, 2.05) is 6.92 Å². The Kier molecular flexibility index (Phi) is 4.32. The molecule has 0 fully saturated rings. The van der Waals surface area contributed by atoms with E-state index >= 15 is 0 Å². The number of hydrogen-bond donors (Lipinski definition) is 2. The number of aliphatic hydroxyl groups excluding tert-OH is 1. The van der Waals surface area contributed by atoms with Crippen LogP contribution in [0.3, 0.4) is 0 Å². The van der Waals surface area contributed by atoms with Crippen LogP contribution in [0.25, 0.3) is 0 Å². The Balaban J connectivity index is 3.56. The molecule has 0 aliphatic carbocycles. The summed E-state index contributed by atoms with van der Waals surface area (Å²) in [6.45, 7) is 3.78. The van der Waals surface area contributed by atoms with Gasteiger partial charge in [-0.05, 0) is 19.8 Å². The van der Waals surface area contributed by atoms with E-state index in [0.717, 1.165) is 6.42 Å². The quantitative estimate of drug-likeness (QED) is 0.580. The lowest BCUT2D eigenvalue weighted by Crippen LogP contribution is -2.21. The Hall–Kier alpha value is -0.340. The zero-order chi connectivity index (χ0) is 8.04. The van der Waals surface area contributed by atoms with Crippen molar-refractivity contribution in [2.75, 3.05) is 6.61 Å². The Morgan fingerprint density at radius 3 is 2.40 bits per heavy atom. The first-order valence-electron chi connectivity index (χ1n) is 3.60. The summed E-state index contributed by atoms with van der Waals surface area (Å²) in [7, 11) is 0. The maximum Gasteiger partial charge on any atom is 0.0651 e. The minimum absolute atomic E-state index is 0.0554. The van der Waals surface area contributed by atoms with Crippen molar-refractivity contribution in [3.8, 4) is 0 Å². The van der Waals surface area contributed by atoms with E-state index in [-0.39, 0.29) is 6.61 Å². The lowest BCUT2D eigenvalue weighted by molar-refractivity contribution is 0.0591. The minimum atomic E-state index is -0.605. The average molecular weight is 144 g/mol. The normalized spacial score (nSPS) is 17.6. The molecule has 2 N–H and O–H groups in total. The summed E-state index contributed by atoms with van der Waals surface area (Å²) >= 11 is 0. The standard InChI is InChI=1S/C8H16O2/c1-3-8(2,10)6-4-5-7-9/h4-5,9-10H,3,6-7H2,1-2H3/b5-4-. The molecule has 0 radical (unpaired) electrons. The number of aliphatic hydroxyl groups is 2. The van der Waals surface area contributed by atoms with Gasteiger partial charge in [0.15, 0.2) is 0 Å². The van der Waals surface area contributed by atoms with Crippen molar-refractivity contribution in [3.05, 3.63) is 12.2 Å². The molecule has 0 bridgehead atoms. The minimum Gasteiger partial charge on any atom is -0.392 e. The van der Waals surface area contributed by atoms with E-state index in [2.05, 4.69) is 0 Å². The number of hydrogen-bond acceptors (Lipinski definition) is 2. The topological polar surface area (TPSA) is 40.5 Å². The van der Waals surface area contributed by atoms with Gasteiger partial charge in [0.2, 0.25) is 0 Å². The van der Waals surface area contributed by atoms with Gasteiger partial charge in [-0.1, -0.05) is 19.1 Å². The smallest absolute Gasteiger partial charge is 0.0651 e. The Bertz CT molecular complexity index is 106. The van der Waals surface area contributed by atoms with Gasteiger partial charge < -0.3 is 10.2 Å². The average Bonchev–Trinajstić information content (AvgIpc) is 1.89.